The standard InChI is InChI=1S/C25H34N4O4S3/c1-28-11-13-29(14-12-28)22(30)17-34-23-16-26-25(35-23)27-24(31)21(15-18-5-3-4-6-18)19-7-9-20(10-8-19)36(2,32)33/h7-10,16,18,21H,3-6,11-15,17H2,1-2H3,(H,26,27,31). The Balaban J connectivity index is 1.38. The van der Waals surface area contributed by atoms with Gasteiger partial charge < -0.3 is 15.1 Å². The Bertz CT molecular complexity index is 1150. The second kappa shape index (κ2) is 12.1. The summed E-state index contributed by atoms with van der Waals surface area (Å²) in [4.78, 5) is 34.6. The molecule has 1 saturated heterocycles. The fourth-order valence-electron chi connectivity index (χ4n) is 4.78. The molecule has 1 unspecified atom stereocenters. The lowest BCUT2D eigenvalue weighted by molar-refractivity contribution is -0.129. The van der Waals surface area contributed by atoms with Crippen LogP contribution in [0.1, 0.15) is 43.6 Å². The first-order chi connectivity index (χ1) is 17.2. The number of nitrogens with zero attached hydrogens (tertiary/aromatic N) is 3. The topological polar surface area (TPSA) is 99.7 Å². The van der Waals surface area contributed by atoms with Crippen molar-refractivity contribution < 1.29 is 18.0 Å². The zero-order valence-electron chi connectivity index (χ0n) is 20.8. The molecule has 0 spiro atoms. The zero-order chi connectivity index (χ0) is 25.7. The van der Waals surface area contributed by atoms with Crippen LogP contribution < -0.4 is 5.32 Å². The van der Waals surface area contributed by atoms with Crippen molar-refractivity contribution in [2.75, 3.05) is 50.6 Å². The third kappa shape index (κ3) is 7.30. The van der Waals surface area contributed by atoms with Gasteiger partial charge in [-0.3, -0.25) is 9.59 Å². The van der Waals surface area contributed by atoms with E-state index in [0.29, 0.717) is 16.8 Å². The van der Waals surface area contributed by atoms with Crippen LogP contribution in [0.2, 0.25) is 0 Å². The lowest BCUT2D eigenvalue weighted by Crippen LogP contribution is -2.47. The first-order valence-corrected chi connectivity index (χ1v) is 16.0. The molecule has 1 atom stereocenters. The summed E-state index contributed by atoms with van der Waals surface area (Å²) in [7, 11) is -1.23. The summed E-state index contributed by atoms with van der Waals surface area (Å²) in [6.45, 7) is 3.30. The molecule has 1 aliphatic heterocycles. The Hall–Kier alpha value is -1.95. The maximum atomic E-state index is 13.4. The molecule has 2 heterocycles. The molecule has 0 bridgehead atoms. The first-order valence-electron chi connectivity index (χ1n) is 12.3. The van der Waals surface area contributed by atoms with E-state index < -0.39 is 9.84 Å². The largest absolute Gasteiger partial charge is 0.339 e. The van der Waals surface area contributed by atoms with Gasteiger partial charge in [0.25, 0.3) is 0 Å². The maximum absolute atomic E-state index is 13.4. The summed E-state index contributed by atoms with van der Waals surface area (Å²) in [6, 6.07) is 6.66. The van der Waals surface area contributed by atoms with Crippen molar-refractivity contribution >= 4 is 49.9 Å². The summed E-state index contributed by atoms with van der Waals surface area (Å²) in [5.74, 6) is 0.463. The number of piperazine rings is 1. The molecule has 1 aromatic carbocycles. The number of likely N-dealkylation sites (N-methyl/N-ethyl adjacent to an activating group) is 1. The number of anilines is 1. The number of aromatic nitrogens is 1. The minimum Gasteiger partial charge on any atom is -0.339 e. The van der Waals surface area contributed by atoms with Crippen LogP contribution in [0.4, 0.5) is 5.13 Å². The smallest absolute Gasteiger partial charge is 0.233 e. The Kier molecular flexibility index (Phi) is 9.08. The Labute approximate surface area is 221 Å². The van der Waals surface area contributed by atoms with E-state index in [0.717, 1.165) is 55.2 Å². The van der Waals surface area contributed by atoms with Crippen LogP contribution in [-0.4, -0.2) is 80.3 Å². The van der Waals surface area contributed by atoms with E-state index in [1.165, 1.54) is 42.2 Å². The SMILES string of the molecule is CN1CCN(C(=O)CSc2cnc(NC(=O)C(CC3CCCC3)c3ccc(S(C)(=O)=O)cc3)s2)CC1. The van der Waals surface area contributed by atoms with Gasteiger partial charge in [-0.25, -0.2) is 13.4 Å². The number of hydrogen-bond donors (Lipinski definition) is 1. The third-order valence-corrected chi connectivity index (χ3v) is 10.2. The summed E-state index contributed by atoms with van der Waals surface area (Å²) < 4.78 is 24.6. The molecule has 196 valence electrons. The molecule has 0 radical (unpaired) electrons. The number of hydrogen-bond acceptors (Lipinski definition) is 8. The number of sulfone groups is 1. The van der Waals surface area contributed by atoms with Gasteiger partial charge in [0, 0.05) is 32.4 Å². The van der Waals surface area contributed by atoms with Gasteiger partial charge in [-0.15, -0.1) is 11.8 Å². The fourth-order valence-corrected chi connectivity index (χ4v) is 7.19. The quantitative estimate of drug-likeness (QED) is 0.475. The highest BCUT2D eigenvalue weighted by molar-refractivity contribution is 8.01. The van der Waals surface area contributed by atoms with Crippen LogP contribution in [0.25, 0.3) is 0 Å². The van der Waals surface area contributed by atoms with E-state index in [1.807, 2.05) is 4.90 Å². The van der Waals surface area contributed by atoms with Crippen molar-refractivity contribution in [1.82, 2.24) is 14.8 Å². The molecule has 2 amide bonds. The number of nitrogens with one attached hydrogen (secondary N) is 1. The first kappa shape index (κ1) is 27.1. The van der Waals surface area contributed by atoms with Crippen LogP contribution >= 0.6 is 23.1 Å². The summed E-state index contributed by atoms with van der Waals surface area (Å²) in [6.07, 6.45) is 8.22. The maximum Gasteiger partial charge on any atom is 0.233 e. The number of benzene rings is 1. The van der Waals surface area contributed by atoms with Crippen LogP contribution in [0.5, 0.6) is 0 Å². The lowest BCUT2D eigenvalue weighted by Gasteiger charge is -2.32. The highest BCUT2D eigenvalue weighted by Crippen LogP contribution is 2.36. The number of carbonyl (C=O) groups excluding carboxylic acids is 2. The van der Waals surface area contributed by atoms with E-state index in [9.17, 15) is 18.0 Å². The molecule has 4 rings (SSSR count). The van der Waals surface area contributed by atoms with Crippen molar-refractivity contribution in [2.45, 2.75) is 47.1 Å². The van der Waals surface area contributed by atoms with Gasteiger partial charge in [0.2, 0.25) is 11.8 Å². The molecule has 1 N–H and O–H groups in total. The molecule has 2 fully saturated rings. The number of rotatable bonds is 9. The molecule has 2 aromatic rings. The molecular weight excluding hydrogens is 517 g/mol. The average molecular weight is 551 g/mol. The van der Waals surface area contributed by atoms with Crippen LogP contribution in [0.3, 0.4) is 0 Å². The van der Waals surface area contributed by atoms with E-state index in [2.05, 4.69) is 22.2 Å². The normalized spacial score (nSPS) is 18.3. The molecule has 36 heavy (non-hydrogen) atoms. The number of amides is 2. The van der Waals surface area contributed by atoms with E-state index in [4.69, 9.17) is 0 Å². The fraction of sp³-hybridized carbons (Fsp3) is 0.560. The van der Waals surface area contributed by atoms with Crippen molar-refractivity contribution in [1.29, 1.82) is 0 Å². The summed E-state index contributed by atoms with van der Waals surface area (Å²) in [5.41, 5.74) is 0.815. The van der Waals surface area contributed by atoms with Gasteiger partial charge in [-0.1, -0.05) is 49.2 Å². The van der Waals surface area contributed by atoms with Gasteiger partial charge in [-0.2, -0.15) is 0 Å². The Morgan fingerprint density at radius 3 is 2.44 bits per heavy atom. The number of thioether (sulfide) groups is 1. The average Bonchev–Trinajstić information content (AvgIpc) is 3.53. The highest BCUT2D eigenvalue weighted by atomic mass is 32.2. The number of thiazole rings is 1. The molecule has 11 heteroatoms. The second-order valence-corrected chi connectivity index (χ2v) is 14.0. The molecule has 1 aromatic heterocycles. The summed E-state index contributed by atoms with van der Waals surface area (Å²) in [5, 5.41) is 3.48. The Morgan fingerprint density at radius 1 is 1.14 bits per heavy atom. The zero-order valence-corrected chi connectivity index (χ0v) is 23.3. The minimum atomic E-state index is -3.30. The van der Waals surface area contributed by atoms with Crippen LogP contribution in [0.15, 0.2) is 39.6 Å². The predicted molar refractivity (Wildman–Crippen MR) is 144 cm³/mol. The molecule has 2 aliphatic rings. The van der Waals surface area contributed by atoms with E-state index >= 15 is 0 Å². The predicted octanol–water partition coefficient (Wildman–Crippen LogP) is 3.72. The van der Waals surface area contributed by atoms with Crippen LogP contribution in [-0.2, 0) is 19.4 Å². The molecule has 1 saturated carbocycles. The lowest BCUT2D eigenvalue weighted by atomic mass is 9.87. The molecule has 8 nitrogen and oxygen atoms in total. The van der Waals surface area contributed by atoms with Gasteiger partial charge in [-0.05, 0) is 37.1 Å². The van der Waals surface area contributed by atoms with Gasteiger partial charge in [0.05, 0.1) is 27.0 Å². The van der Waals surface area contributed by atoms with Crippen molar-refractivity contribution in [3.63, 3.8) is 0 Å². The van der Waals surface area contributed by atoms with Crippen molar-refractivity contribution in [2.24, 2.45) is 5.92 Å². The third-order valence-electron chi connectivity index (χ3n) is 6.98. The van der Waals surface area contributed by atoms with E-state index in [1.54, 1.807) is 30.5 Å². The van der Waals surface area contributed by atoms with Crippen LogP contribution in [0, 0.1) is 5.92 Å². The minimum absolute atomic E-state index is 0.126. The van der Waals surface area contributed by atoms with Gasteiger partial charge in [0.15, 0.2) is 15.0 Å². The number of carbonyl (C=O) groups is 2. The molecule has 1 aliphatic carbocycles. The van der Waals surface area contributed by atoms with Gasteiger partial charge >= 0.3 is 0 Å². The van der Waals surface area contributed by atoms with E-state index in [-0.39, 0.29) is 22.6 Å². The highest BCUT2D eigenvalue weighted by Gasteiger charge is 2.28. The second-order valence-electron chi connectivity index (χ2n) is 9.73. The Morgan fingerprint density at radius 2 is 1.81 bits per heavy atom. The molecular formula is C25H34N4O4S3. The van der Waals surface area contributed by atoms with Gasteiger partial charge in [0.1, 0.15) is 0 Å². The van der Waals surface area contributed by atoms with Crippen molar-refractivity contribution in [3.05, 3.63) is 36.0 Å². The summed E-state index contributed by atoms with van der Waals surface area (Å²) >= 11 is 2.82. The monoisotopic (exact) mass is 550 g/mol. The van der Waals surface area contributed by atoms with Crippen molar-refractivity contribution in [3.8, 4) is 0 Å².